The second kappa shape index (κ2) is 6.16. The molecule has 1 atom stereocenters. The lowest BCUT2D eigenvalue weighted by Gasteiger charge is -2.16. The van der Waals surface area contributed by atoms with Crippen LogP contribution in [0.25, 0.3) is 0 Å². The summed E-state index contributed by atoms with van der Waals surface area (Å²) in [4.78, 5) is 10.6. The van der Waals surface area contributed by atoms with Crippen molar-refractivity contribution in [2.24, 2.45) is 0 Å². The maximum atomic E-state index is 10.6. The van der Waals surface area contributed by atoms with Gasteiger partial charge in [0.15, 0.2) is 0 Å². The van der Waals surface area contributed by atoms with Gasteiger partial charge >= 0.3 is 5.97 Å². The van der Waals surface area contributed by atoms with Crippen LogP contribution in [0.5, 0.6) is 0 Å². The second-order valence-corrected chi connectivity index (χ2v) is 4.70. The summed E-state index contributed by atoms with van der Waals surface area (Å²) in [5, 5.41) is 11.8. The minimum Gasteiger partial charge on any atom is -0.481 e. The van der Waals surface area contributed by atoms with E-state index in [1.165, 1.54) is 11.8 Å². The third kappa shape index (κ3) is 3.56. The molecule has 4 nitrogen and oxygen atoms in total. The first-order valence-electron chi connectivity index (χ1n) is 5.44. The van der Waals surface area contributed by atoms with Gasteiger partial charge in [-0.2, -0.15) is 0 Å². The summed E-state index contributed by atoms with van der Waals surface area (Å²) in [6, 6.07) is 13.2. The highest BCUT2D eigenvalue weighted by molar-refractivity contribution is 8.00. The number of carboxylic acid groups (broad SMARTS) is 1. The van der Waals surface area contributed by atoms with Gasteiger partial charge in [-0.1, -0.05) is 18.2 Å². The maximum absolute atomic E-state index is 10.6. The van der Waals surface area contributed by atoms with Crippen molar-refractivity contribution in [3.8, 4) is 0 Å². The summed E-state index contributed by atoms with van der Waals surface area (Å²) in [7, 11) is 0. The molecule has 2 N–H and O–H groups in total. The Balaban J connectivity index is 2.07. The van der Waals surface area contributed by atoms with Crippen molar-refractivity contribution in [3.63, 3.8) is 0 Å². The molecule has 0 saturated heterocycles. The number of aliphatic carboxylic acids is 1. The molecule has 1 heterocycles. The number of para-hydroxylation sites is 1. The van der Waals surface area contributed by atoms with Gasteiger partial charge in [-0.25, -0.2) is 0 Å². The van der Waals surface area contributed by atoms with Crippen molar-refractivity contribution in [3.05, 3.63) is 54.5 Å². The molecular weight excluding hydrogens is 250 g/mol. The molecule has 1 aromatic carbocycles. The topological polar surface area (TPSA) is 62.5 Å². The molecule has 5 heteroatoms. The smallest absolute Gasteiger partial charge is 0.313 e. The molecule has 0 spiro atoms. The van der Waals surface area contributed by atoms with E-state index in [2.05, 4.69) is 5.32 Å². The molecule has 2 aromatic rings. The number of nitrogens with one attached hydrogen (secondary N) is 1. The summed E-state index contributed by atoms with van der Waals surface area (Å²) in [6.45, 7) is 0. The van der Waals surface area contributed by atoms with Gasteiger partial charge in [0, 0.05) is 5.69 Å². The average Bonchev–Trinajstić information content (AvgIpc) is 2.89. The molecule has 0 radical (unpaired) electrons. The Kier molecular flexibility index (Phi) is 4.30. The molecule has 18 heavy (non-hydrogen) atoms. The first kappa shape index (κ1) is 12.6. The lowest BCUT2D eigenvalue weighted by molar-refractivity contribution is -0.133. The maximum Gasteiger partial charge on any atom is 0.313 e. The molecule has 2 rings (SSSR count). The van der Waals surface area contributed by atoms with Gasteiger partial charge in [0.05, 0.1) is 12.0 Å². The number of benzene rings is 1. The minimum absolute atomic E-state index is 0.0190. The summed E-state index contributed by atoms with van der Waals surface area (Å²) in [6.07, 6.45) is 1.58. The molecule has 1 aromatic heterocycles. The van der Waals surface area contributed by atoms with Crippen LogP contribution < -0.4 is 5.32 Å². The number of carbonyl (C=O) groups is 1. The molecular formula is C13H13NO3S. The molecule has 0 fully saturated rings. The van der Waals surface area contributed by atoms with E-state index < -0.39 is 5.97 Å². The molecule has 0 amide bonds. The van der Waals surface area contributed by atoms with Crippen LogP contribution in [0.4, 0.5) is 5.69 Å². The van der Waals surface area contributed by atoms with Gasteiger partial charge in [0.25, 0.3) is 0 Å². The van der Waals surface area contributed by atoms with Crippen LogP contribution >= 0.6 is 11.8 Å². The van der Waals surface area contributed by atoms with E-state index in [0.29, 0.717) is 5.76 Å². The van der Waals surface area contributed by atoms with Crippen LogP contribution in [0.15, 0.2) is 53.1 Å². The Morgan fingerprint density at radius 1 is 1.28 bits per heavy atom. The summed E-state index contributed by atoms with van der Waals surface area (Å²) < 4.78 is 5.32. The fraction of sp³-hybridized carbons (Fsp3) is 0.154. The molecule has 0 bridgehead atoms. The standard InChI is InChI=1S/C13H13NO3S/c15-12(16)9-18-13(11-7-4-8-17-11)14-10-5-2-1-3-6-10/h1-8,13-14H,9H2,(H,15,16). The largest absolute Gasteiger partial charge is 0.481 e. The van der Waals surface area contributed by atoms with Crippen LogP contribution in [-0.2, 0) is 4.79 Å². The molecule has 0 aliphatic heterocycles. The normalized spacial score (nSPS) is 12.0. The highest BCUT2D eigenvalue weighted by Gasteiger charge is 2.16. The average molecular weight is 263 g/mol. The Morgan fingerprint density at radius 2 is 2.06 bits per heavy atom. The van der Waals surface area contributed by atoms with Gasteiger partial charge in [-0.15, -0.1) is 11.8 Å². The highest BCUT2D eigenvalue weighted by Crippen LogP contribution is 2.30. The van der Waals surface area contributed by atoms with E-state index in [1.54, 1.807) is 12.3 Å². The van der Waals surface area contributed by atoms with Crippen molar-refractivity contribution in [2.45, 2.75) is 5.37 Å². The zero-order valence-corrected chi connectivity index (χ0v) is 10.4. The van der Waals surface area contributed by atoms with Crippen molar-refractivity contribution in [2.75, 3.05) is 11.1 Å². The molecule has 1 unspecified atom stereocenters. The fourth-order valence-electron chi connectivity index (χ4n) is 1.48. The van der Waals surface area contributed by atoms with Crippen LogP contribution in [-0.4, -0.2) is 16.8 Å². The van der Waals surface area contributed by atoms with Gasteiger partial charge in [-0.3, -0.25) is 4.79 Å². The quantitative estimate of drug-likeness (QED) is 0.783. The van der Waals surface area contributed by atoms with E-state index in [0.717, 1.165) is 5.69 Å². The van der Waals surface area contributed by atoms with Crippen molar-refractivity contribution >= 4 is 23.4 Å². The third-order valence-corrected chi connectivity index (χ3v) is 3.34. The number of rotatable bonds is 6. The molecule has 94 valence electrons. The monoisotopic (exact) mass is 263 g/mol. The van der Waals surface area contributed by atoms with Crippen LogP contribution in [0.3, 0.4) is 0 Å². The molecule has 0 aliphatic rings. The zero-order chi connectivity index (χ0) is 12.8. The lowest BCUT2D eigenvalue weighted by atomic mass is 10.3. The van der Waals surface area contributed by atoms with Gasteiger partial charge in [-0.05, 0) is 24.3 Å². The van der Waals surface area contributed by atoms with Crippen LogP contribution in [0.1, 0.15) is 11.1 Å². The number of hydrogen-bond acceptors (Lipinski definition) is 4. The molecule has 0 aliphatic carbocycles. The van der Waals surface area contributed by atoms with Gasteiger partial charge in [0.1, 0.15) is 11.1 Å². The van der Waals surface area contributed by atoms with Crippen LogP contribution in [0, 0.1) is 0 Å². The van der Waals surface area contributed by atoms with Crippen molar-refractivity contribution < 1.29 is 14.3 Å². The van der Waals surface area contributed by atoms with Gasteiger partial charge in [0.2, 0.25) is 0 Å². The predicted octanol–water partition coefficient (Wildman–Crippen LogP) is 3.21. The number of carboxylic acids is 1. The highest BCUT2D eigenvalue weighted by atomic mass is 32.2. The Morgan fingerprint density at radius 3 is 2.67 bits per heavy atom. The van der Waals surface area contributed by atoms with E-state index in [-0.39, 0.29) is 11.1 Å². The Labute approximate surface area is 109 Å². The van der Waals surface area contributed by atoms with E-state index in [1.807, 2.05) is 36.4 Å². The fourth-order valence-corrected chi connectivity index (χ4v) is 2.30. The van der Waals surface area contributed by atoms with Crippen molar-refractivity contribution in [1.82, 2.24) is 0 Å². The number of anilines is 1. The number of hydrogen-bond donors (Lipinski definition) is 2. The van der Waals surface area contributed by atoms with Gasteiger partial charge < -0.3 is 14.8 Å². The summed E-state index contributed by atoms with van der Waals surface area (Å²) in [5.41, 5.74) is 0.928. The molecule has 0 saturated carbocycles. The zero-order valence-electron chi connectivity index (χ0n) is 9.58. The predicted molar refractivity (Wildman–Crippen MR) is 71.6 cm³/mol. The van der Waals surface area contributed by atoms with Crippen LogP contribution in [0.2, 0.25) is 0 Å². The first-order chi connectivity index (χ1) is 8.75. The SMILES string of the molecule is O=C(O)CSC(Nc1ccccc1)c1ccco1. The Hall–Kier alpha value is -1.88. The third-order valence-electron chi connectivity index (χ3n) is 2.25. The first-order valence-corrected chi connectivity index (χ1v) is 6.49. The lowest BCUT2D eigenvalue weighted by Crippen LogP contribution is -2.09. The van der Waals surface area contributed by atoms with Crippen molar-refractivity contribution in [1.29, 1.82) is 0 Å². The second-order valence-electron chi connectivity index (χ2n) is 3.61. The number of furan rings is 1. The summed E-state index contributed by atoms with van der Waals surface area (Å²) in [5.74, 6) is -0.109. The van der Waals surface area contributed by atoms with E-state index >= 15 is 0 Å². The van der Waals surface area contributed by atoms with E-state index in [9.17, 15) is 4.79 Å². The minimum atomic E-state index is -0.841. The van der Waals surface area contributed by atoms with E-state index in [4.69, 9.17) is 9.52 Å². The Bertz CT molecular complexity index is 484. The number of thioether (sulfide) groups is 1. The summed E-state index contributed by atoms with van der Waals surface area (Å²) >= 11 is 1.28.